The van der Waals surface area contributed by atoms with E-state index in [2.05, 4.69) is 6.92 Å². The number of hydrogen-bond donors (Lipinski definition) is 0. The van der Waals surface area contributed by atoms with E-state index in [1.165, 1.54) is 4.90 Å². The predicted octanol–water partition coefficient (Wildman–Crippen LogP) is 2.03. The third-order valence-electron chi connectivity index (χ3n) is 4.16. The van der Waals surface area contributed by atoms with Crippen molar-refractivity contribution >= 4 is 23.8 Å². The molecule has 0 radical (unpaired) electrons. The Hall–Kier alpha value is -1.97. The van der Waals surface area contributed by atoms with Gasteiger partial charge < -0.3 is 0 Å². The van der Waals surface area contributed by atoms with Crippen molar-refractivity contribution in [3.63, 3.8) is 0 Å². The fourth-order valence-corrected chi connectivity index (χ4v) is 3.23. The smallest absolute Gasteiger partial charge is 0.237 e. The molecule has 0 N–H and O–H groups in total. The van der Waals surface area contributed by atoms with Gasteiger partial charge >= 0.3 is 0 Å². The highest BCUT2D eigenvalue weighted by molar-refractivity contribution is 6.22. The summed E-state index contributed by atoms with van der Waals surface area (Å²) >= 11 is 0. The number of carbonyl (C=O) groups is 3. The minimum absolute atomic E-state index is 0.0850. The zero-order valence-corrected chi connectivity index (χ0v) is 10.7. The van der Waals surface area contributed by atoms with Crippen LogP contribution in [0.2, 0.25) is 0 Å². The number of nitrogens with zero attached hydrogens (tertiary/aromatic N) is 1. The Balaban J connectivity index is 1.91. The van der Waals surface area contributed by atoms with Gasteiger partial charge in [0.25, 0.3) is 0 Å². The van der Waals surface area contributed by atoms with E-state index in [1.54, 1.807) is 24.3 Å². The second-order valence-electron chi connectivity index (χ2n) is 5.51. The summed E-state index contributed by atoms with van der Waals surface area (Å²) in [6.07, 6.45) is 2.35. The molecular formula is C15H15NO3. The Labute approximate surface area is 111 Å². The Morgan fingerprint density at radius 1 is 1.05 bits per heavy atom. The lowest BCUT2D eigenvalue weighted by Gasteiger charge is -2.16. The number of hydrogen-bond acceptors (Lipinski definition) is 3. The zero-order chi connectivity index (χ0) is 13.6. The monoisotopic (exact) mass is 257 g/mol. The average molecular weight is 257 g/mol. The maximum absolute atomic E-state index is 12.3. The fraction of sp³-hybridized carbons (Fsp3) is 0.400. The van der Waals surface area contributed by atoms with Gasteiger partial charge in [-0.2, -0.15) is 0 Å². The average Bonchev–Trinajstić information content (AvgIpc) is 2.90. The Morgan fingerprint density at radius 3 is 2.05 bits per heavy atom. The Morgan fingerprint density at radius 2 is 1.58 bits per heavy atom. The van der Waals surface area contributed by atoms with Crippen molar-refractivity contribution in [1.29, 1.82) is 0 Å². The van der Waals surface area contributed by atoms with E-state index in [0.29, 0.717) is 17.2 Å². The quantitative estimate of drug-likeness (QED) is 0.601. The molecule has 2 unspecified atom stereocenters. The second kappa shape index (κ2) is 4.30. The van der Waals surface area contributed by atoms with Crippen LogP contribution in [0.15, 0.2) is 24.3 Å². The van der Waals surface area contributed by atoms with Gasteiger partial charge in [-0.05, 0) is 43.0 Å². The van der Waals surface area contributed by atoms with E-state index in [4.69, 9.17) is 0 Å². The van der Waals surface area contributed by atoms with Crippen molar-refractivity contribution in [2.24, 2.45) is 17.8 Å². The minimum Gasteiger partial charge on any atom is -0.298 e. The van der Waals surface area contributed by atoms with Crippen LogP contribution in [-0.2, 0) is 9.59 Å². The molecule has 98 valence electrons. The van der Waals surface area contributed by atoms with Crippen molar-refractivity contribution in [3.05, 3.63) is 29.8 Å². The number of imide groups is 1. The summed E-state index contributed by atoms with van der Waals surface area (Å²) < 4.78 is 0. The van der Waals surface area contributed by atoms with Gasteiger partial charge in [-0.15, -0.1) is 0 Å². The maximum atomic E-state index is 12.3. The lowest BCUT2D eigenvalue weighted by Crippen LogP contribution is -2.32. The minimum atomic E-state index is -0.145. The van der Waals surface area contributed by atoms with Crippen LogP contribution in [0.4, 0.5) is 5.69 Å². The summed E-state index contributed by atoms with van der Waals surface area (Å²) in [7, 11) is 0. The highest BCUT2D eigenvalue weighted by Crippen LogP contribution is 2.44. The van der Waals surface area contributed by atoms with Gasteiger partial charge in [0.2, 0.25) is 11.8 Å². The van der Waals surface area contributed by atoms with Crippen LogP contribution in [0.5, 0.6) is 0 Å². The molecular weight excluding hydrogens is 242 g/mol. The molecule has 2 fully saturated rings. The molecule has 1 aliphatic heterocycles. The first kappa shape index (κ1) is 12.1. The standard InChI is InChI=1S/C15H15NO3/c1-9-6-12-13(7-9)15(19)16(14(12)18)11-4-2-10(8-17)3-5-11/h2-5,8-9,12-13H,6-7H2,1H3. The summed E-state index contributed by atoms with van der Waals surface area (Å²) in [4.78, 5) is 36.6. The normalized spacial score (nSPS) is 29.7. The van der Waals surface area contributed by atoms with E-state index in [9.17, 15) is 14.4 Å². The highest BCUT2D eigenvalue weighted by Gasteiger charge is 2.52. The number of fused-ring (bicyclic) bond motifs is 1. The molecule has 1 heterocycles. The molecule has 2 atom stereocenters. The van der Waals surface area contributed by atoms with Crippen LogP contribution < -0.4 is 4.90 Å². The molecule has 1 saturated heterocycles. The van der Waals surface area contributed by atoms with E-state index in [1.807, 2.05) is 0 Å². The molecule has 0 aromatic heterocycles. The van der Waals surface area contributed by atoms with Crippen LogP contribution >= 0.6 is 0 Å². The van der Waals surface area contributed by atoms with E-state index in [-0.39, 0.29) is 23.7 Å². The summed E-state index contributed by atoms with van der Waals surface area (Å²) in [5.74, 6) is -0.0135. The molecule has 0 bridgehead atoms. The number of amides is 2. The van der Waals surface area contributed by atoms with Gasteiger partial charge in [-0.3, -0.25) is 19.3 Å². The van der Waals surface area contributed by atoms with Crippen molar-refractivity contribution in [3.8, 4) is 0 Å². The van der Waals surface area contributed by atoms with Crippen LogP contribution in [0.25, 0.3) is 0 Å². The predicted molar refractivity (Wildman–Crippen MR) is 69.7 cm³/mol. The highest BCUT2D eigenvalue weighted by atomic mass is 16.2. The van der Waals surface area contributed by atoms with Crippen LogP contribution in [0.3, 0.4) is 0 Å². The number of anilines is 1. The van der Waals surface area contributed by atoms with E-state index in [0.717, 1.165) is 19.1 Å². The SMILES string of the molecule is CC1CC2C(=O)N(c3ccc(C=O)cc3)C(=O)C2C1. The number of rotatable bonds is 2. The fourth-order valence-electron chi connectivity index (χ4n) is 3.23. The first-order valence-corrected chi connectivity index (χ1v) is 6.55. The second-order valence-corrected chi connectivity index (χ2v) is 5.51. The van der Waals surface area contributed by atoms with Gasteiger partial charge in [0.1, 0.15) is 6.29 Å². The number of carbonyl (C=O) groups excluding carboxylic acids is 3. The van der Waals surface area contributed by atoms with Crippen LogP contribution in [0, 0.1) is 17.8 Å². The first-order valence-electron chi connectivity index (χ1n) is 6.55. The van der Waals surface area contributed by atoms with Crippen molar-refractivity contribution in [2.75, 3.05) is 4.90 Å². The molecule has 3 rings (SSSR count). The molecule has 1 aromatic rings. The molecule has 4 heteroatoms. The largest absolute Gasteiger partial charge is 0.298 e. The lowest BCUT2D eigenvalue weighted by molar-refractivity contribution is -0.123. The van der Waals surface area contributed by atoms with Gasteiger partial charge in [0.15, 0.2) is 0 Å². The summed E-state index contributed by atoms with van der Waals surface area (Å²) in [5.41, 5.74) is 1.11. The van der Waals surface area contributed by atoms with E-state index >= 15 is 0 Å². The zero-order valence-electron chi connectivity index (χ0n) is 10.7. The Kier molecular flexibility index (Phi) is 2.73. The van der Waals surface area contributed by atoms with E-state index < -0.39 is 0 Å². The first-order chi connectivity index (χ1) is 9.11. The summed E-state index contributed by atoms with van der Waals surface area (Å²) in [6.45, 7) is 2.09. The Bertz CT molecular complexity index is 525. The molecule has 19 heavy (non-hydrogen) atoms. The van der Waals surface area contributed by atoms with Gasteiger partial charge in [-0.1, -0.05) is 6.92 Å². The third kappa shape index (κ3) is 1.79. The maximum Gasteiger partial charge on any atom is 0.237 e. The third-order valence-corrected chi connectivity index (χ3v) is 4.16. The van der Waals surface area contributed by atoms with Crippen molar-refractivity contribution < 1.29 is 14.4 Å². The molecule has 4 nitrogen and oxygen atoms in total. The van der Waals surface area contributed by atoms with Gasteiger partial charge in [-0.25, -0.2) is 0 Å². The van der Waals surface area contributed by atoms with Gasteiger partial charge in [0.05, 0.1) is 17.5 Å². The molecule has 1 saturated carbocycles. The van der Waals surface area contributed by atoms with Crippen molar-refractivity contribution in [1.82, 2.24) is 0 Å². The molecule has 2 amide bonds. The number of aldehydes is 1. The van der Waals surface area contributed by atoms with Crippen LogP contribution in [-0.4, -0.2) is 18.1 Å². The summed E-state index contributed by atoms with van der Waals surface area (Å²) in [6, 6.07) is 6.56. The van der Waals surface area contributed by atoms with Crippen molar-refractivity contribution in [2.45, 2.75) is 19.8 Å². The molecule has 1 aromatic carbocycles. The summed E-state index contributed by atoms with van der Waals surface area (Å²) in [5, 5.41) is 0. The van der Waals surface area contributed by atoms with Gasteiger partial charge in [0, 0.05) is 5.56 Å². The molecule has 1 aliphatic carbocycles. The van der Waals surface area contributed by atoms with Crippen LogP contribution in [0.1, 0.15) is 30.1 Å². The molecule has 0 spiro atoms. The lowest BCUT2D eigenvalue weighted by atomic mass is 10.00. The topological polar surface area (TPSA) is 54.5 Å². The molecule has 2 aliphatic rings. The number of benzene rings is 1.